The minimum absolute atomic E-state index is 0.0524. The Balaban J connectivity index is 0.000000664. The summed E-state index contributed by atoms with van der Waals surface area (Å²) in [7, 11) is 1.34. The Labute approximate surface area is 217 Å². The van der Waals surface area contributed by atoms with Crippen LogP contribution in [0.5, 0.6) is 0 Å². The van der Waals surface area contributed by atoms with E-state index in [0.29, 0.717) is 19.7 Å². The number of alkyl halides is 2. The third-order valence-corrected chi connectivity index (χ3v) is 5.34. The summed E-state index contributed by atoms with van der Waals surface area (Å²) >= 11 is 0. The lowest BCUT2D eigenvalue weighted by Gasteiger charge is -2.25. The highest BCUT2D eigenvalue weighted by Gasteiger charge is 2.30. The summed E-state index contributed by atoms with van der Waals surface area (Å²) in [5.74, 6) is -1.49. The number of rotatable bonds is 13. The molecule has 37 heavy (non-hydrogen) atoms. The molecule has 1 aromatic rings. The van der Waals surface area contributed by atoms with Crippen LogP contribution in [-0.2, 0) is 40.0 Å². The fourth-order valence-corrected chi connectivity index (χ4v) is 3.72. The summed E-state index contributed by atoms with van der Waals surface area (Å²) in [6.07, 6.45) is 1.60. The SMILES string of the molecule is CCCN(Cc1ccccc1)C[C@@H](CF)CC(=O)OC.CCOC(=O)CN1C[C@@H](CF)CC1=O.O=C=O. The topological polar surface area (TPSA) is 110 Å². The molecule has 0 bridgehead atoms. The molecule has 1 amide bonds. The van der Waals surface area contributed by atoms with Gasteiger partial charge < -0.3 is 14.4 Å². The Bertz CT molecular complexity index is 820. The average Bonchev–Trinajstić information content (AvgIpc) is 3.24. The standard InChI is InChI=1S/C16H24FNO2.C9H14FNO3.CO2/c1-3-9-18(12-14-7-5-4-6-8-14)13-15(11-17)10-16(19)20-2;1-2-14-9(13)6-11-5-7(4-10)3-8(11)12;2-1-3/h4-8,15H,3,9-13H2,1-2H3;7H,2-6H2,1H3;/t15-;7-;/m11./s1. The van der Waals surface area contributed by atoms with Crippen LogP contribution >= 0.6 is 0 Å². The maximum absolute atomic E-state index is 13.1. The third kappa shape index (κ3) is 15.5. The number of hydrogen-bond acceptors (Lipinski definition) is 8. The van der Waals surface area contributed by atoms with Crippen molar-refractivity contribution in [2.24, 2.45) is 11.8 Å². The van der Waals surface area contributed by atoms with E-state index < -0.39 is 19.3 Å². The Morgan fingerprint density at radius 2 is 1.81 bits per heavy atom. The van der Waals surface area contributed by atoms with E-state index in [1.807, 2.05) is 18.2 Å². The zero-order valence-corrected chi connectivity index (χ0v) is 21.8. The van der Waals surface area contributed by atoms with Gasteiger partial charge in [0.15, 0.2) is 0 Å². The number of carbonyl (C=O) groups is 3. The Kier molecular flexibility index (Phi) is 19.2. The molecule has 11 heteroatoms. The molecule has 1 aliphatic rings. The van der Waals surface area contributed by atoms with Gasteiger partial charge in [0.05, 0.1) is 33.5 Å². The van der Waals surface area contributed by atoms with Crippen molar-refractivity contribution < 1.29 is 42.2 Å². The highest BCUT2D eigenvalue weighted by Crippen LogP contribution is 2.17. The molecule has 9 nitrogen and oxygen atoms in total. The molecule has 1 aromatic carbocycles. The van der Waals surface area contributed by atoms with Crippen LogP contribution in [0.1, 0.15) is 38.7 Å². The fourth-order valence-electron chi connectivity index (χ4n) is 3.72. The van der Waals surface area contributed by atoms with E-state index in [9.17, 15) is 23.2 Å². The Hall–Kier alpha value is -3.17. The molecule has 0 radical (unpaired) electrons. The molecule has 0 saturated carbocycles. The van der Waals surface area contributed by atoms with Gasteiger partial charge in [-0.05, 0) is 25.5 Å². The molecule has 1 heterocycles. The molecule has 0 spiro atoms. The molecule has 208 valence electrons. The van der Waals surface area contributed by atoms with E-state index in [1.54, 1.807) is 6.92 Å². The Morgan fingerprint density at radius 1 is 1.16 bits per heavy atom. The van der Waals surface area contributed by atoms with E-state index in [1.165, 1.54) is 17.6 Å². The second kappa shape index (κ2) is 21.0. The first-order chi connectivity index (χ1) is 17.8. The first-order valence-corrected chi connectivity index (χ1v) is 12.2. The smallest absolute Gasteiger partial charge is 0.373 e. The normalized spacial score (nSPS) is 15.0. The molecule has 0 aromatic heterocycles. The number of ether oxygens (including phenoxy) is 2. The molecule has 1 saturated heterocycles. The molecule has 2 atom stereocenters. The van der Waals surface area contributed by atoms with Crippen molar-refractivity contribution in [3.8, 4) is 0 Å². The molecule has 0 unspecified atom stereocenters. The van der Waals surface area contributed by atoms with Crippen molar-refractivity contribution in [2.75, 3.05) is 53.2 Å². The van der Waals surface area contributed by atoms with Gasteiger partial charge in [0, 0.05) is 37.9 Å². The first-order valence-electron chi connectivity index (χ1n) is 12.2. The van der Waals surface area contributed by atoms with Crippen LogP contribution in [0.2, 0.25) is 0 Å². The zero-order valence-electron chi connectivity index (χ0n) is 21.8. The maximum Gasteiger partial charge on any atom is 0.373 e. The van der Waals surface area contributed by atoms with Crippen LogP contribution in [0.4, 0.5) is 8.78 Å². The van der Waals surface area contributed by atoms with E-state index in [2.05, 4.69) is 28.7 Å². The van der Waals surface area contributed by atoms with Gasteiger partial charge in [0.1, 0.15) is 6.54 Å². The molecule has 2 rings (SSSR count). The number of hydrogen-bond donors (Lipinski definition) is 0. The summed E-state index contributed by atoms with van der Waals surface area (Å²) in [4.78, 5) is 53.3. The van der Waals surface area contributed by atoms with Gasteiger partial charge in [-0.1, -0.05) is 37.3 Å². The summed E-state index contributed by atoms with van der Waals surface area (Å²) in [6.45, 7) is 5.63. The van der Waals surface area contributed by atoms with Crippen molar-refractivity contribution in [2.45, 2.75) is 39.7 Å². The predicted octanol–water partition coefficient (Wildman–Crippen LogP) is 2.83. The summed E-state index contributed by atoms with van der Waals surface area (Å²) in [5, 5.41) is 0. The quantitative estimate of drug-likeness (QED) is 0.360. The number of halogens is 2. The summed E-state index contributed by atoms with van der Waals surface area (Å²) in [5.41, 5.74) is 1.21. The minimum Gasteiger partial charge on any atom is -0.469 e. The van der Waals surface area contributed by atoms with Crippen LogP contribution in [0.3, 0.4) is 0 Å². The number of esters is 2. The van der Waals surface area contributed by atoms with Gasteiger partial charge in [-0.15, -0.1) is 0 Å². The lowest BCUT2D eigenvalue weighted by Crippen LogP contribution is -2.32. The van der Waals surface area contributed by atoms with Gasteiger partial charge >= 0.3 is 18.1 Å². The van der Waals surface area contributed by atoms with Crippen molar-refractivity contribution in [3.05, 3.63) is 35.9 Å². The van der Waals surface area contributed by atoms with E-state index >= 15 is 0 Å². The zero-order chi connectivity index (χ0) is 28.1. The number of likely N-dealkylation sites (tertiary alicyclic amines) is 1. The molecule has 0 N–H and O–H groups in total. The highest BCUT2D eigenvalue weighted by atomic mass is 19.1. The van der Waals surface area contributed by atoms with Gasteiger partial charge in [0.2, 0.25) is 5.91 Å². The summed E-state index contributed by atoms with van der Waals surface area (Å²) < 4.78 is 34.6. The average molecular weight is 529 g/mol. The monoisotopic (exact) mass is 528 g/mol. The Morgan fingerprint density at radius 3 is 2.30 bits per heavy atom. The highest BCUT2D eigenvalue weighted by molar-refractivity contribution is 5.83. The molecule has 1 aliphatic heterocycles. The van der Waals surface area contributed by atoms with Gasteiger partial charge in [-0.25, -0.2) is 0 Å². The number of methoxy groups -OCH3 is 1. The van der Waals surface area contributed by atoms with Crippen molar-refractivity contribution in [3.63, 3.8) is 0 Å². The molecule has 1 fully saturated rings. The van der Waals surface area contributed by atoms with Crippen LogP contribution in [0, 0.1) is 11.8 Å². The molecular weight excluding hydrogens is 490 g/mol. The summed E-state index contributed by atoms with van der Waals surface area (Å²) in [6, 6.07) is 10.1. The molecule has 0 aliphatic carbocycles. The second-order valence-electron chi connectivity index (χ2n) is 8.41. The number of benzene rings is 1. The molecular formula is C26H38F2N2O7. The third-order valence-electron chi connectivity index (χ3n) is 5.34. The number of amides is 1. The van der Waals surface area contributed by atoms with E-state index in [4.69, 9.17) is 14.3 Å². The predicted molar refractivity (Wildman–Crippen MR) is 130 cm³/mol. The number of carbonyl (C=O) groups excluding carboxylic acids is 5. The van der Waals surface area contributed by atoms with Crippen LogP contribution in [0.25, 0.3) is 0 Å². The van der Waals surface area contributed by atoms with Gasteiger partial charge in [-0.3, -0.25) is 28.1 Å². The van der Waals surface area contributed by atoms with Crippen molar-refractivity contribution in [1.29, 1.82) is 0 Å². The largest absolute Gasteiger partial charge is 0.469 e. The van der Waals surface area contributed by atoms with Crippen molar-refractivity contribution in [1.82, 2.24) is 9.80 Å². The maximum atomic E-state index is 13.1. The van der Waals surface area contributed by atoms with Gasteiger partial charge in [0.25, 0.3) is 0 Å². The minimum atomic E-state index is -0.509. The fraction of sp³-hybridized carbons (Fsp3) is 0.615. The van der Waals surface area contributed by atoms with Crippen LogP contribution in [-0.4, -0.2) is 87.0 Å². The first kappa shape index (κ1) is 33.8. The van der Waals surface area contributed by atoms with E-state index in [0.717, 1.165) is 19.5 Å². The van der Waals surface area contributed by atoms with Crippen molar-refractivity contribution >= 4 is 24.0 Å². The lowest BCUT2D eigenvalue weighted by atomic mass is 10.1. The lowest BCUT2D eigenvalue weighted by molar-refractivity contribution is -0.191. The second-order valence-corrected chi connectivity index (χ2v) is 8.41. The van der Waals surface area contributed by atoms with E-state index in [-0.39, 0.29) is 49.3 Å². The van der Waals surface area contributed by atoms with Gasteiger partial charge in [-0.2, -0.15) is 9.59 Å². The van der Waals surface area contributed by atoms with Crippen LogP contribution in [0.15, 0.2) is 30.3 Å². The van der Waals surface area contributed by atoms with Crippen LogP contribution < -0.4 is 0 Å². The number of nitrogens with zero attached hydrogens (tertiary/aromatic N) is 2.